The van der Waals surface area contributed by atoms with Crippen LogP contribution in [-0.4, -0.2) is 4.98 Å². The van der Waals surface area contributed by atoms with Crippen molar-refractivity contribution in [2.75, 3.05) is 0 Å². The smallest absolute Gasteiger partial charge is 0.208 e. The van der Waals surface area contributed by atoms with E-state index in [1.165, 1.54) is 0 Å². The van der Waals surface area contributed by atoms with Crippen LogP contribution in [0.4, 0.5) is 0 Å². The van der Waals surface area contributed by atoms with Crippen LogP contribution in [0.1, 0.15) is 17.2 Å². The molecule has 0 fully saturated rings. The third kappa shape index (κ3) is 3.22. The lowest BCUT2D eigenvalue weighted by Gasteiger charge is -2.07. The van der Waals surface area contributed by atoms with Crippen LogP contribution < -0.4 is 5.32 Å². The summed E-state index contributed by atoms with van der Waals surface area (Å²) in [5.74, 6) is 1.46. The first-order chi connectivity index (χ1) is 8.16. The van der Waals surface area contributed by atoms with Gasteiger partial charge < -0.3 is 9.73 Å². The number of aromatic nitrogens is 1. The minimum atomic E-state index is 0.551. The summed E-state index contributed by atoms with van der Waals surface area (Å²) in [6, 6.07) is 5.46. The average molecular weight is 271 g/mol. The molecule has 1 aromatic heterocycles. The monoisotopic (exact) mass is 270 g/mol. The number of rotatable bonds is 4. The lowest BCUT2D eigenvalue weighted by molar-refractivity contribution is 0.449. The van der Waals surface area contributed by atoms with Crippen LogP contribution in [0.25, 0.3) is 0 Å². The van der Waals surface area contributed by atoms with Crippen LogP contribution in [0, 0.1) is 6.92 Å². The van der Waals surface area contributed by atoms with Crippen LogP contribution in [0.2, 0.25) is 10.0 Å². The molecule has 1 N–H and O–H groups in total. The fraction of sp³-hybridized carbons (Fsp3) is 0.250. The molecule has 5 heteroatoms. The molecule has 1 heterocycles. The van der Waals surface area contributed by atoms with Crippen molar-refractivity contribution in [1.82, 2.24) is 10.3 Å². The van der Waals surface area contributed by atoms with Gasteiger partial charge in [0.2, 0.25) is 5.89 Å². The fourth-order valence-electron chi connectivity index (χ4n) is 1.48. The highest BCUT2D eigenvalue weighted by Crippen LogP contribution is 2.23. The summed E-state index contributed by atoms with van der Waals surface area (Å²) >= 11 is 12.1. The Kier molecular flexibility index (Phi) is 4.05. The summed E-state index contributed by atoms with van der Waals surface area (Å²) in [4.78, 5) is 4.10. The van der Waals surface area contributed by atoms with Crippen LogP contribution in [-0.2, 0) is 13.1 Å². The molecule has 90 valence electrons. The topological polar surface area (TPSA) is 38.1 Å². The Labute approximate surface area is 110 Å². The third-order valence-electron chi connectivity index (χ3n) is 2.31. The van der Waals surface area contributed by atoms with Crippen molar-refractivity contribution in [2.24, 2.45) is 0 Å². The van der Waals surface area contributed by atoms with Gasteiger partial charge >= 0.3 is 0 Å². The summed E-state index contributed by atoms with van der Waals surface area (Å²) < 4.78 is 5.34. The Hall–Kier alpha value is -1.03. The van der Waals surface area contributed by atoms with Gasteiger partial charge in [0.15, 0.2) is 0 Å². The van der Waals surface area contributed by atoms with Gasteiger partial charge in [-0.15, -0.1) is 0 Å². The van der Waals surface area contributed by atoms with Crippen molar-refractivity contribution in [1.29, 1.82) is 0 Å². The number of nitrogens with one attached hydrogen (secondary N) is 1. The SMILES string of the molecule is Cc1cnc(CNCc2c(Cl)cccc2Cl)o1. The standard InChI is InChI=1S/C12H12Cl2N2O/c1-8-5-16-12(17-8)7-15-6-9-10(13)3-2-4-11(9)14/h2-5,15H,6-7H2,1H3. The molecule has 2 rings (SSSR count). The zero-order chi connectivity index (χ0) is 12.3. The van der Waals surface area contributed by atoms with E-state index in [-0.39, 0.29) is 0 Å². The molecule has 0 aliphatic rings. The highest BCUT2D eigenvalue weighted by molar-refractivity contribution is 6.35. The normalized spacial score (nSPS) is 10.8. The molecule has 1 aromatic carbocycles. The lowest BCUT2D eigenvalue weighted by Crippen LogP contribution is -2.13. The van der Waals surface area contributed by atoms with E-state index in [0.717, 1.165) is 11.3 Å². The van der Waals surface area contributed by atoms with E-state index in [9.17, 15) is 0 Å². The predicted molar refractivity (Wildman–Crippen MR) is 68.2 cm³/mol. The quantitative estimate of drug-likeness (QED) is 0.923. The molecule has 0 aliphatic carbocycles. The molecule has 3 nitrogen and oxygen atoms in total. The van der Waals surface area contributed by atoms with E-state index in [4.69, 9.17) is 27.6 Å². The van der Waals surface area contributed by atoms with Crippen molar-refractivity contribution >= 4 is 23.2 Å². The molecule has 0 atom stereocenters. The number of nitrogens with zero attached hydrogens (tertiary/aromatic N) is 1. The first kappa shape index (κ1) is 12.4. The third-order valence-corrected chi connectivity index (χ3v) is 3.02. The minimum absolute atomic E-state index is 0.551. The van der Waals surface area contributed by atoms with E-state index in [1.54, 1.807) is 6.20 Å². The molecule has 0 amide bonds. The number of hydrogen-bond acceptors (Lipinski definition) is 3. The average Bonchev–Trinajstić information content (AvgIpc) is 2.69. The molecule has 0 saturated carbocycles. The summed E-state index contributed by atoms with van der Waals surface area (Å²) in [6.45, 7) is 3.00. The highest BCUT2D eigenvalue weighted by Gasteiger charge is 2.05. The number of oxazole rings is 1. The van der Waals surface area contributed by atoms with E-state index in [1.807, 2.05) is 25.1 Å². The molecule has 17 heavy (non-hydrogen) atoms. The van der Waals surface area contributed by atoms with Crippen LogP contribution in [0.3, 0.4) is 0 Å². The molecule has 0 saturated heterocycles. The number of halogens is 2. The Morgan fingerprint density at radius 3 is 2.53 bits per heavy atom. The van der Waals surface area contributed by atoms with Gasteiger partial charge in [-0.3, -0.25) is 0 Å². The Morgan fingerprint density at radius 1 is 1.24 bits per heavy atom. The number of benzene rings is 1. The van der Waals surface area contributed by atoms with Gasteiger partial charge in [-0.1, -0.05) is 29.3 Å². The zero-order valence-corrected chi connectivity index (χ0v) is 10.8. The van der Waals surface area contributed by atoms with Crippen molar-refractivity contribution in [3.63, 3.8) is 0 Å². The van der Waals surface area contributed by atoms with Gasteiger partial charge in [0, 0.05) is 22.2 Å². The fourth-order valence-corrected chi connectivity index (χ4v) is 2.01. The Morgan fingerprint density at radius 2 is 1.94 bits per heavy atom. The summed E-state index contributed by atoms with van der Waals surface area (Å²) in [7, 11) is 0. The second kappa shape index (κ2) is 5.54. The van der Waals surface area contributed by atoms with Crippen molar-refractivity contribution in [2.45, 2.75) is 20.0 Å². The molecule has 0 spiro atoms. The van der Waals surface area contributed by atoms with Crippen molar-refractivity contribution < 1.29 is 4.42 Å². The maximum absolute atomic E-state index is 6.05. The largest absolute Gasteiger partial charge is 0.445 e. The van der Waals surface area contributed by atoms with Crippen LogP contribution in [0.15, 0.2) is 28.8 Å². The van der Waals surface area contributed by atoms with E-state index >= 15 is 0 Å². The van der Waals surface area contributed by atoms with Gasteiger partial charge in [-0.2, -0.15) is 0 Å². The van der Waals surface area contributed by atoms with Gasteiger partial charge in [0.25, 0.3) is 0 Å². The molecule has 0 unspecified atom stereocenters. The van der Waals surface area contributed by atoms with Gasteiger partial charge in [0.1, 0.15) is 5.76 Å². The van der Waals surface area contributed by atoms with Gasteiger partial charge in [-0.25, -0.2) is 4.98 Å². The maximum Gasteiger partial charge on any atom is 0.208 e. The van der Waals surface area contributed by atoms with Gasteiger partial charge in [0.05, 0.1) is 12.7 Å². The van der Waals surface area contributed by atoms with Crippen LogP contribution >= 0.6 is 23.2 Å². The molecule has 0 radical (unpaired) electrons. The van der Waals surface area contributed by atoms with Crippen molar-refractivity contribution in [3.05, 3.63) is 51.7 Å². The number of aryl methyl sites for hydroxylation is 1. The molecule has 2 aromatic rings. The summed E-state index contributed by atoms with van der Waals surface area (Å²) in [6.07, 6.45) is 1.69. The Balaban J connectivity index is 1.94. The van der Waals surface area contributed by atoms with E-state index < -0.39 is 0 Å². The second-order valence-corrected chi connectivity index (χ2v) is 4.48. The first-order valence-electron chi connectivity index (χ1n) is 5.21. The maximum atomic E-state index is 6.05. The number of hydrogen-bond donors (Lipinski definition) is 1. The van der Waals surface area contributed by atoms with E-state index in [2.05, 4.69) is 10.3 Å². The molecular formula is C12H12Cl2N2O. The van der Waals surface area contributed by atoms with Gasteiger partial charge in [-0.05, 0) is 19.1 Å². The summed E-state index contributed by atoms with van der Waals surface area (Å²) in [5, 5.41) is 4.51. The predicted octanol–water partition coefficient (Wildman–Crippen LogP) is 3.58. The highest BCUT2D eigenvalue weighted by atomic mass is 35.5. The lowest BCUT2D eigenvalue weighted by atomic mass is 10.2. The van der Waals surface area contributed by atoms with Crippen molar-refractivity contribution in [3.8, 4) is 0 Å². The summed E-state index contributed by atoms with van der Waals surface area (Å²) in [5.41, 5.74) is 0.888. The first-order valence-corrected chi connectivity index (χ1v) is 5.97. The van der Waals surface area contributed by atoms with Crippen LogP contribution in [0.5, 0.6) is 0 Å². The minimum Gasteiger partial charge on any atom is -0.445 e. The molecule has 0 bridgehead atoms. The second-order valence-electron chi connectivity index (χ2n) is 3.67. The Bertz CT molecular complexity index is 491. The molecule has 0 aliphatic heterocycles. The van der Waals surface area contributed by atoms with E-state index in [0.29, 0.717) is 29.0 Å². The zero-order valence-electron chi connectivity index (χ0n) is 9.34. The molecular weight excluding hydrogens is 259 g/mol.